The fourth-order valence-corrected chi connectivity index (χ4v) is 3.73. The highest BCUT2D eigenvalue weighted by Crippen LogP contribution is 2.20. The van der Waals surface area contributed by atoms with Gasteiger partial charge in [0.1, 0.15) is 5.82 Å². The third kappa shape index (κ3) is 4.44. The van der Waals surface area contributed by atoms with Crippen molar-refractivity contribution in [3.05, 3.63) is 46.9 Å². The Kier molecular flexibility index (Phi) is 6.18. The zero-order valence-electron chi connectivity index (χ0n) is 16.5. The molecule has 3 rings (SSSR count). The van der Waals surface area contributed by atoms with Crippen molar-refractivity contribution in [1.82, 2.24) is 19.3 Å². The minimum atomic E-state index is -0.161. The summed E-state index contributed by atoms with van der Waals surface area (Å²) >= 11 is 1.27. The third-order valence-electron chi connectivity index (χ3n) is 4.13. The number of benzene rings is 1. The number of thioether (sulfide) groups is 1. The maximum atomic E-state index is 12.9. The number of hydrogen-bond donors (Lipinski definition) is 1. The van der Waals surface area contributed by atoms with Crippen LogP contribution < -0.4 is 10.9 Å². The van der Waals surface area contributed by atoms with E-state index in [1.807, 2.05) is 32.0 Å². The number of para-hydroxylation sites is 1. The van der Waals surface area contributed by atoms with Crippen LogP contribution in [0.25, 0.3) is 10.9 Å². The molecule has 1 aromatic carbocycles. The molecule has 1 N–H and O–H groups in total. The van der Waals surface area contributed by atoms with Crippen LogP contribution in [0.3, 0.4) is 0 Å². The average molecular weight is 400 g/mol. The van der Waals surface area contributed by atoms with Gasteiger partial charge in [-0.15, -0.1) is 0 Å². The van der Waals surface area contributed by atoms with Crippen LogP contribution in [0.2, 0.25) is 0 Å². The quantitative estimate of drug-likeness (QED) is 0.485. The van der Waals surface area contributed by atoms with E-state index in [1.165, 1.54) is 11.8 Å². The van der Waals surface area contributed by atoms with Gasteiger partial charge in [-0.2, -0.15) is 5.10 Å². The van der Waals surface area contributed by atoms with E-state index < -0.39 is 0 Å². The maximum Gasteiger partial charge on any atom is 0.262 e. The zero-order valence-corrected chi connectivity index (χ0v) is 17.4. The second-order valence-electron chi connectivity index (χ2n) is 7.31. The van der Waals surface area contributed by atoms with Gasteiger partial charge in [-0.25, -0.2) is 9.67 Å². The van der Waals surface area contributed by atoms with Crippen LogP contribution in [-0.2, 0) is 11.3 Å². The molecule has 0 radical (unpaired) electrons. The number of carbonyl (C=O) groups is 1. The Morgan fingerprint density at radius 1 is 1.18 bits per heavy atom. The van der Waals surface area contributed by atoms with Gasteiger partial charge in [-0.05, 0) is 31.9 Å². The van der Waals surface area contributed by atoms with E-state index in [0.717, 1.165) is 0 Å². The first kappa shape index (κ1) is 20.1. The number of amides is 1. The van der Waals surface area contributed by atoms with Crippen molar-refractivity contribution in [3.8, 4) is 0 Å². The molecule has 0 bridgehead atoms. The molecule has 0 saturated heterocycles. The minimum Gasteiger partial charge on any atom is -0.310 e. The van der Waals surface area contributed by atoms with Gasteiger partial charge in [0.15, 0.2) is 5.16 Å². The van der Waals surface area contributed by atoms with E-state index in [1.54, 1.807) is 27.6 Å². The molecular weight excluding hydrogens is 374 g/mol. The Bertz CT molecular complexity index is 1040. The zero-order chi connectivity index (χ0) is 20.3. The molecule has 2 heterocycles. The first-order valence-electron chi connectivity index (χ1n) is 9.32. The summed E-state index contributed by atoms with van der Waals surface area (Å²) < 4.78 is 3.43. The molecule has 0 fully saturated rings. The summed E-state index contributed by atoms with van der Waals surface area (Å²) in [6, 6.07) is 9.22. The van der Waals surface area contributed by atoms with Crippen LogP contribution in [0, 0.1) is 5.92 Å². The highest BCUT2D eigenvalue weighted by Gasteiger charge is 2.15. The van der Waals surface area contributed by atoms with Gasteiger partial charge in [0.25, 0.3) is 5.56 Å². The lowest BCUT2D eigenvalue weighted by molar-refractivity contribution is -0.113. The van der Waals surface area contributed by atoms with Crippen LogP contribution in [0.5, 0.6) is 0 Å². The maximum absolute atomic E-state index is 12.9. The number of anilines is 1. The van der Waals surface area contributed by atoms with Crippen molar-refractivity contribution in [3.63, 3.8) is 0 Å². The summed E-state index contributed by atoms with van der Waals surface area (Å²) in [5.74, 6) is 0.943. The third-order valence-corrected chi connectivity index (χ3v) is 5.11. The highest BCUT2D eigenvalue weighted by atomic mass is 32.2. The first-order chi connectivity index (χ1) is 13.4. The molecule has 8 heteroatoms. The molecule has 0 atom stereocenters. The van der Waals surface area contributed by atoms with Crippen LogP contribution in [0.4, 0.5) is 5.82 Å². The van der Waals surface area contributed by atoms with Crippen molar-refractivity contribution >= 4 is 34.4 Å². The van der Waals surface area contributed by atoms with Crippen molar-refractivity contribution in [1.29, 1.82) is 0 Å². The molecule has 0 aliphatic rings. The number of aromatic nitrogens is 4. The monoisotopic (exact) mass is 399 g/mol. The Balaban J connectivity index is 1.82. The Labute approximate surface area is 168 Å². The lowest BCUT2D eigenvalue weighted by Crippen LogP contribution is -2.26. The molecule has 0 aliphatic carbocycles. The second-order valence-corrected chi connectivity index (χ2v) is 8.26. The van der Waals surface area contributed by atoms with Gasteiger partial charge >= 0.3 is 0 Å². The molecule has 7 nitrogen and oxygen atoms in total. The van der Waals surface area contributed by atoms with Gasteiger partial charge in [0.05, 0.1) is 22.9 Å². The van der Waals surface area contributed by atoms with Crippen LogP contribution >= 0.6 is 11.8 Å². The highest BCUT2D eigenvalue weighted by molar-refractivity contribution is 7.99. The van der Waals surface area contributed by atoms with Gasteiger partial charge in [-0.3, -0.25) is 14.2 Å². The predicted octanol–water partition coefficient (Wildman–Crippen LogP) is 3.56. The summed E-state index contributed by atoms with van der Waals surface area (Å²) in [4.78, 5) is 30.0. The second kappa shape index (κ2) is 8.60. The molecule has 0 aliphatic heterocycles. The average Bonchev–Trinajstić information content (AvgIpc) is 3.11. The number of nitrogens with one attached hydrogen (secondary N) is 1. The molecule has 1 amide bonds. The van der Waals surface area contributed by atoms with Gasteiger partial charge in [0, 0.05) is 18.7 Å². The summed E-state index contributed by atoms with van der Waals surface area (Å²) in [5.41, 5.74) is 0.577. The lowest BCUT2D eigenvalue weighted by atomic mass is 10.2. The van der Waals surface area contributed by atoms with Crippen molar-refractivity contribution in [2.24, 2.45) is 5.92 Å². The van der Waals surface area contributed by atoms with Crippen LogP contribution in [-0.4, -0.2) is 31.0 Å². The van der Waals surface area contributed by atoms with E-state index in [9.17, 15) is 9.59 Å². The Morgan fingerprint density at radius 2 is 1.93 bits per heavy atom. The largest absolute Gasteiger partial charge is 0.310 e. The van der Waals surface area contributed by atoms with Gasteiger partial charge in [-0.1, -0.05) is 37.7 Å². The fourth-order valence-electron chi connectivity index (χ4n) is 2.92. The van der Waals surface area contributed by atoms with Gasteiger partial charge < -0.3 is 5.32 Å². The summed E-state index contributed by atoms with van der Waals surface area (Å²) in [6.45, 7) is 8.66. The van der Waals surface area contributed by atoms with Crippen molar-refractivity contribution < 1.29 is 4.79 Å². The number of hydrogen-bond acceptors (Lipinski definition) is 5. The SMILES string of the molecule is CC(C)Cn1c(SCC(=O)Nc2ccnn2C(C)C)nc2ccccc2c1=O. The summed E-state index contributed by atoms with van der Waals surface area (Å²) in [7, 11) is 0. The summed E-state index contributed by atoms with van der Waals surface area (Å²) in [6.07, 6.45) is 1.66. The van der Waals surface area contributed by atoms with E-state index in [2.05, 4.69) is 29.2 Å². The van der Waals surface area contributed by atoms with Crippen LogP contribution in [0.15, 0.2) is 46.5 Å². The molecule has 28 heavy (non-hydrogen) atoms. The summed E-state index contributed by atoms with van der Waals surface area (Å²) in [5, 5.41) is 8.25. The number of nitrogens with zero attached hydrogens (tertiary/aromatic N) is 4. The smallest absolute Gasteiger partial charge is 0.262 e. The molecule has 0 saturated carbocycles. The molecule has 3 aromatic rings. The number of rotatable bonds is 7. The number of carbonyl (C=O) groups excluding carboxylic acids is 1. The predicted molar refractivity (Wildman–Crippen MR) is 113 cm³/mol. The van der Waals surface area contributed by atoms with Crippen LogP contribution in [0.1, 0.15) is 33.7 Å². The molecule has 0 spiro atoms. The Morgan fingerprint density at radius 3 is 2.64 bits per heavy atom. The lowest BCUT2D eigenvalue weighted by Gasteiger charge is -2.15. The van der Waals surface area contributed by atoms with Crippen molar-refractivity contribution in [2.45, 2.75) is 45.4 Å². The van der Waals surface area contributed by atoms with Gasteiger partial charge in [0.2, 0.25) is 5.91 Å². The first-order valence-corrected chi connectivity index (χ1v) is 10.3. The van der Waals surface area contributed by atoms with E-state index >= 15 is 0 Å². The standard InChI is InChI=1S/C20H25N5O2S/c1-13(2)11-24-19(27)15-7-5-6-8-16(15)22-20(24)28-12-18(26)23-17-9-10-21-25(17)14(3)4/h5-10,13-14H,11-12H2,1-4H3,(H,23,26). The molecular formula is C20H25N5O2S. The van der Waals surface area contributed by atoms with E-state index in [4.69, 9.17) is 0 Å². The molecule has 0 unspecified atom stereocenters. The Hall–Kier alpha value is -2.61. The van der Waals surface area contributed by atoms with Crippen molar-refractivity contribution in [2.75, 3.05) is 11.1 Å². The molecule has 148 valence electrons. The minimum absolute atomic E-state index is 0.0694. The normalized spacial score (nSPS) is 11.5. The molecule has 2 aromatic heterocycles. The van der Waals surface area contributed by atoms with E-state index in [0.29, 0.717) is 28.4 Å². The number of fused-ring (bicyclic) bond motifs is 1. The fraction of sp³-hybridized carbons (Fsp3) is 0.400. The topological polar surface area (TPSA) is 81.8 Å². The van der Waals surface area contributed by atoms with E-state index in [-0.39, 0.29) is 29.2 Å².